The molecule has 1 amide bonds. The van der Waals surface area contributed by atoms with E-state index in [0.717, 1.165) is 0 Å². The predicted molar refractivity (Wildman–Crippen MR) is 83.2 cm³/mol. The number of carbonyl (C=O) groups excluding carboxylic acids is 1. The van der Waals surface area contributed by atoms with E-state index < -0.39 is 5.91 Å². The van der Waals surface area contributed by atoms with Gasteiger partial charge in [0, 0.05) is 5.69 Å². The van der Waals surface area contributed by atoms with Crippen LogP contribution in [0.2, 0.25) is 10.0 Å². The number of benzene rings is 2. The zero-order chi connectivity index (χ0) is 15.6. The molecule has 1 unspecified atom stereocenters. The van der Waals surface area contributed by atoms with E-state index in [1.807, 2.05) is 0 Å². The fraction of sp³-hybridized carbons (Fsp3) is 0.133. The number of carbonyl (C=O) groups is 1. The van der Waals surface area contributed by atoms with Gasteiger partial charge in [-0.05, 0) is 36.8 Å². The Balaban J connectivity index is 2.22. The molecular formula is C15H13Cl2FN2O. The van der Waals surface area contributed by atoms with Crippen molar-refractivity contribution in [2.45, 2.75) is 13.0 Å². The highest BCUT2D eigenvalue weighted by atomic mass is 35.5. The van der Waals surface area contributed by atoms with E-state index in [2.05, 4.69) is 5.32 Å². The SMILES string of the molecule is CC(NC(=O)c1cc(N)cc(Cl)c1Cl)c1cccc(F)c1. The third-order valence-electron chi connectivity index (χ3n) is 2.99. The second kappa shape index (κ2) is 6.33. The van der Waals surface area contributed by atoms with Gasteiger partial charge in [0.1, 0.15) is 5.82 Å². The number of hydrogen-bond acceptors (Lipinski definition) is 2. The predicted octanol–water partition coefficient (Wildman–Crippen LogP) is 4.21. The van der Waals surface area contributed by atoms with Crippen LogP contribution in [0.3, 0.4) is 0 Å². The van der Waals surface area contributed by atoms with E-state index >= 15 is 0 Å². The molecule has 0 aliphatic carbocycles. The second-order valence-electron chi connectivity index (χ2n) is 4.61. The lowest BCUT2D eigenvalue weighted by molar-refractivity contribution is 0.0940. The summed E-state index contributed by atoms with van der Waals surface area (Å²) < 4.78 is 13.2. The molecule has 0 radical (unpaired) electrons. The number of anilines is 1. The van der Waals surface area contributed by atoms with Crippen molar-refractivity contribution in [1.82, 2.24) is 5.32 Å². The average molecular weight is 327 g/mol. The maximum absolute atomic E-state index is 13.2. The Labute approximate surface area is 131 Å². The Morgan fingerprint density at radius 2 is 2.00 bits per heavy atom. The molecule has 0 fully saturated rings. The van der Waals surface area contributed by atoms with Crippen LogP contribution in [0.25, 0.3) is 0 Å². The van der Waals surface area contributed by atoms with Gasteiger partial charge in [0.15, 0.2) is 0 Å². The van der Waals surface area contributed by atoms with Gasteiger partial charge in [-0.25, -0.2) is 4.39 Å². The monoisotopic (exact) mass is 326 g/mol. The molecule has 3 nitrogen and oxygen atoms in total. The molecule has 110 valence electrons. The van der Waals surface area contributed by atoms with Gasteiger partial charge >= 0.3 is 0 Å². The summed E-state index contributed by atoms with van der Waals surface area (Å²) in [7, 11) is 0. The Hall–Kier alpha value is -1.78. The van der Waals surface area contributed by atoms with E-state index in [4.69, 9.17) is 28.9 Å². The summed E-state index contributed by atoms with van der Waals surface area (Å²) in [6, 6.07) is 8.54. The summed E-state index contributed by atoms with van der Waals surface area (Å²) in [5.74, 6) is -0.787. The van der Waals surface area contributed by atoms with Gasteiger partial charge in [-0.3, -0.25) is 4.79 Å². The minimum atomic E-state index is -0.425. The topological polar surface area (TPSA) is 55.1 Å². The summed E-state index contributed by atoms with van der Waals surface area (Å²) in [5.41, 5.74) is 6.83. The van der Waals surface area contributed by atoms with Gasteiger partial charge in [-0.2, -0.15) is 0 Å². The molecule has 0 aliphatic rings. The number of nitrogen functional groups attached to an aromatic ring is 1. The first kappa shape index (κ1) is 15.6. The van der Waals surface area contributed by atoms with Crippen LogP contribution in [0.15, 0.2) is 36.4 Å². The lowest BCUT2D eigenvalue weighted by Crippen LogP contribution is -2.27. The molecular weight excluding hydrogens is 314 g/mol. The highest BCUT2D eigenvalue weighted by Crippen LogP contribution is 2.29. The number of halogens is 3. The standard InChI is InChI=1S/C15H13Cl2FN2O/c1-8(9-3-2-4-10(18)5-9)20-15(21)12-6-11(19)7-13(16)14(12)17/h2-8H,19H2,1H3,(H,20,21). The van der Waals surface area contributed by atoms with Crippen LogP contribution in [0.5, 0.6) is 0 Å². The molecule has 0 aromatic heterocycles. The van der Waals surface area contributed by atoms with Crippen LogP contribution >= 0.6 is 23.2 Å². The maximum atomic E-state index is 13.2. The summed E-state index contributed by atoms with van der Waals surface area (Å²) in [5, 5.41) is 3.07. The molecule has 0 bridgehead atoms. The normalized spacial score (nSPS) is 12.0. The fourth-order valence-corrected chi connectivity index (χ4v) is 2.33. The first-order valence-electron chi connectivity index (χ1n) is 6.19. The summed E-state index contributed by atoms with van der Waals surface area (Å²) in [4.78, 5) is 12.2. The summed E-state index contributed by atoms with van der Waals surface area (Å²) in [6.45, 7) is 1.74. The molecule has 3 N–H and O–H groups in total. The van der Waals surface area contributed by atoms with Crippen molar-refractivity contribution in [3.05, 3.63) is 63.4 Å². The molecule has 2 aromatic rings. The minimum absolute atomic E-state index is 0.134. The van der Waals surface area contributed by atoms with Crippen molar-refractivity contribution < 1.29 is 9.18 Å². The highest BCUT2D eigenvalue weighted by Gasteiger charge is 2.17. The lowest BCUT2D eigenvalue weighted by atomic mass is 10.1. The van der Waals surface area contributed by atoms with E-state index in [9.17, 15) is 9.18 Å². The second-order valence-corrected chi connectivity index (χ2v) is 5.40. The third kappa shape index (κ3) is 3.65. The molecule has 0 aliphatic heterocycles. The van der Waals surface area contributed by atoms with Crippen LogP contribution in [-0.2, 0) is 0 Å². The number of hydrogen-bond donors (Lipinski definition) is 2. The largest absolute Gasteiger partial charge is 0.399 e. The number of nitrogens with two attached hydrogens (primary N) is 1. The molecule has 0 spiro atoms. The van der Waals surface area contributed by atoms with Gasteiger partial charge in [0.25, 0.3) is 5.91 Å². The van der Waals surface area contributed by atoms with Gasteiger partial charge in [-0.1, -0.05) is 35.3 Å². The summed E-state index contributed by atoms with van der Waals surface area (Å²) >= 11 is 11.9. The van der Waals surface area contributed by atoms with Crippen LogP contribution in [0, 0.1) is 5.82 Å². The average Bonchev–Trinajstić information content (AvgIpc) is 2.42. The van der Waals surface area contributed by atoms with E-state index in [-0.39, 0.29) is 27.5 Å². The number of amides is 1. The molecule has 2 rings (SSSR count). The molecule has 0 heterocycles. The Kier molecular flexibility index (Phi) is 4.70. The molecule has 0 saturated carbocycles. The number of rotatable bonds is 3. The molecule has 6 heteroatoms. The van der Waals surface area contributed by atoms with Gasteiger partial charge in [0.05, 0.1) is 21.7 Å². The molecule has 2 aromatic carbocycles. The highest BCUT2D eigenvalue weighted by molar-refractivity contribution is 6.44. The van der Waals surface area contributed by atoms with Gasteiger partial charge in [-0.15, -0.1) is 0 Å². The Bertz CT molecular complexity index is 691. The van der Waals surface area contributed by atoms with Crippen LogP contribution in [0.1, 0.15) is 28.9 Å². The quantitative estimate of drug-likeness (QED) is 0.830. The van der Waals surface area contributed by atoms with Crippen molar-refractivity contribution in [1.29, 1.82) is 0 Å². The van der Waals surface area contributed by atoms with Gasteiger partial charge in [0.2, 0.25) is 0 Å². The minimum Gasteiger partial charge on any atom is -0.399 e. The maximum Gasteiger partial charge on any atom is 0.253 e. The first-order chi connectivity index (χ1) is 9.88. The van der Waals surface area contributed by atoms with Crippen LogP contribution in [0.4, 0.5) is 10.1 Å². The number of nitrogens with one attached hydrogen (secondary N) is 1. The summed E-state index contributed by atoms with van der Waals surface area (Å²) in [6.07, 6.45) is 0. The van der Waals surface area contributed by atoms with Crippen molar-refractivity contribution in [2.24, 2.45) is 0 Å². The van der Waals surface area contributed by atoms with Crippen LogP contribution in [-0.4, -0.2) is 5.91 Å². The Morgan fingerprint density at radius 3 is 2.67 bits per heavy atom. The van der Waals surface area contributed by atoms with Crippen molar-refractivity contribution >= 4 is 34.8 Å². The molecule has 1 atom stereocenters. The lowest BCUT2D eigenvalue weighted by Gasteiger charge is -2.15. The van der Waals surface area contributed by atoms with Crippen molar-refractivity contribution in [3.8, 4) is 0 Å². The molecule has 21 heavy (non-hydrogen) atoms. The Morgan fingerprint density at radius 1 is 1.29 bits per heavy atom. The third-order valence-corrected chi connectivity index (χ3v) is 3.79. The van der Waals surface area contributed by atoms with E-state index in [1.54, 1.807) is 19.1 Å². The van der Waals surface area contributed by atoms with E-state index in [1.165, 1.54) is 24.3 Å². The van der Waals surface area contributed by atoms with Gasteiger partial charge < -0.3 is 11.1 Å². The fourth-order valence-electron chi connectivity index (χ4n) is 1.91. The van der Waals surface area contributed by atoms with E-state index in [0.29, 0.717) is 11.3 Å². The van der Waals surface area contributed by atoms with Crippen molar-refractivity contribution in [3.63, 3.8) is 0 Å². The van der Waals surface area contributed by atoms with Crippen molar-refractivity contribution in [2.75, 3.05) is 5.73 Å². The zero-order valence-electron chi connectivity index (χ0n) is 11.2. The smallest absolute Gasteiger partial charge is 0.253 e. The first-order valence-corrected chi connectivity index (χ1v) is 6.95. The van der Waals surface area contributed by atoms with Crippen LogP contribution < -0.4 is 11.1 Å². The molecule has 0 saturated heterocycles. The zero-order valence-corrected chi connectivity index (χ0v) is 12.7.